The highest BCUT2D eigenvalue weighted by atomic mass is 79.9. The van der Waals surface area contributed by atoms with Crippen molar-refractivity contribution in [3.8, 4) is 11.5 Å². The van der Waals surface area contributed by atoms with Crippen LogP contribution in [0.1, 0.15) is 5.56 Å². The molecule has 100 valence electrons. The van der Waals surface area contributed by atoms with E-state index in [1.165, 1.54) is 12.1 Å². The fraction of sp³-hybridized carbons (Fsp3) is 0.143. The second kappa shape index (κ2) is 6.37. The summed E-state index contributed by atoms with van der Waals surface area (Å²) in [7, 11) is 0. The molecule has 2 nitrogen and oxygen atoms in total. The molecule has 0 aromatic heterocycles. The van der Waals surface area contributed by atoms with Crippen molar-refractivity contribution in [1.29, 1.82) is 0 Å². The lowest BCUT2D eigenvalue weighted by atomic mass is 10.1. The molecule has 19 heavy (non-hydrogen) atoms. The highest BCUT2D eigenvalue weighted by Crippen LogP contribution is 2.30. The molecule has 0 spiro atoms. The molecule has 0 fully saturated rings. The second-order valence-electron chi connectivity index (χ2n) is 4.00. The summed E-state index contributed by atoms with van der Waals surface area (Å²) in [6.45, 7) is 0.490. The molecule has 0 aliphatic carbocycles. The molecule has 0 unspecified atom stereocenters. The van der Waals surface area contributed by atoms with Gasteiger partial charge in [0.25, 0.3) is 0 Å². The van der Waals surface area contributed by atoms with Crippen molar-refractivity contribution >= 4 is 27.5 Å². The van der Waals surface area contributed by atoms with E-state index in [9.17, 15) is 4.39 Å². The SMILES string of the molecule is NCCc1cc(Cl)ccc1Oc1cc(F)cc(Br)c1. The fourth-order valence-electron chi connectivity index (χ4n) is 1.71. The van der Waals surface area contributed by atoms with Crippen LogP contribution in [-0.4, -0.2) is 6.54 Å². The van der Waals surface area contributed by atoms with Gasteiger partial charge in [0.15, 0.2) is 0 Å². The van der Waals surface area contributed by atoms with Crippen molar-refractivity contribution in [3.63, 3.8) is 0 Å². The van der Waals surface area contributed by atoms with Gasteiger partial charge in [0.2, 0.25) is 0 Å². The smallest absolute Gasteiger partial charge is 0.131 e. The van der Waals surface area contributed by atoms with Gasteiger partial charge in [0.1, 0.15) is 17.3 Å². The number of benzene rings is 2. The third-order valence-electron chi connectivity index (χ3n) is 2.50. The van der Waals surface area contributed by atoms with Crippen LogP contribution >= 0.6 is 27.5 Å². The monoisotopic (exact) mass is 343 g/mol. The largest absolute Gasteiger partial charge is 0.457 e. The Balaban J connectivity index is 2.31. The number of halogens is 3. The van der Waals surface area contributed by atoms with Gasteiger partial charge in [-0.3, -0.25) is 0 Å². The molecule has 0 bridgehead atoms. The van der Waals surface area contributed by atoms with E-state index in [4.69, 9.17) is 22.1 Å². The van der Waals surface area contributed by atoms with Crippen LogP contribution in [0.3, 0.4) is 0 Å². The van der Waals surface area contributed by atoms with Gasteiger partial charge < -0.3 is 10.5 Å². The Morgan fingerprint density at radius 3 is 2.68 bits per heavy atom. The van der Waals surface area contributed by atoms with Gasteiger partial charge in [-0.25, -0.2) is 4.39 Å². The van der Waals surface area contributed by atoms with Crippen LogP contribution in [0.5, 0.6) is 11.5 Å². The molecule has 0 atom stereocenters. The molecule has 2 aromatic rings. The Morgan fingerprint density at radius 1 is 1.21 bits per heavy atom. The van der Waals surface area contributed by atoms with Gasteiger partial charge in [-0.2, -0.15) is 0 Å². The molecule has 0 radical (unpaired) electrons. The van der Waals surface area contributed by atoms with Crippen LogP contribution in [0.25, 0.3) is 0 Å². The number of hydrogen-bond acceptors (Lipinski definition) is 2. The fourth-order valence-corrected chi connectivity index (χ4v) is 2.35. The predicted molar refractivity (Wildman–Crippen MR) is 78.4 cm³/mol. The number of hydrogen-bond donors (Lipinski definition) is 1. The van der Waals surface area contributed by atoms with Gasteiger partial charge in [-0.1, -0.05) is 27.5 Å². The van der Waals surface area contributed by atoms with Crippen LogP contribution in [0, 0.1) is 5.82 Å². The normalized spacial score (nSPS) is 10.5. The lowest BCUT2D eigenvalue weighted by Crippen LogP contribution is -2.04. The van der Waals surface area contributed by atoms with E-state index in [0.717, 1.165) is 5.56 Å². The van der Waals surface area contributed by atoms with Crippen LogP contribution < -0.4 is 10.5 Å². The number of rotatable bonds is 4. The molecule has 2 N–H and O–H groups in total. The topological polar surface area (TPSA) is 35.2 Å². The first-order valence-corrected chi connectivity index (χ1v) is 6.88. The summed E-state index contributed by atoms with van der Waals surface area (Å²) in [5.41, 5.74) is 6.45. The van der Waals surface area contributed by atoms with E-state index in [1.54, 1.807) is 24.3 Å². The molecule has 0 amide bonds. The van der Waals surface area contributed by atoms with Crippen molar-refractivity contribution < 1.29 is 9.13 Å². The molecule has 0 saturated carbocycles. The first kappa shape index (κ1) is 14.3. The van der Waals surface area contributed by atoms with Crippen LogP contribution in [0.2, 0.25) is 5.02 Å². The summed E-state index contributed by atoms with van der Waals surface area (Å²) >= 11 is 9.17. The van der Waals surface area contributed by atoms with E-state index in [1.807, 2.05) is 0 Å². The molecule has 0 saturated heterocycles. The summed E-state index contributed by atoms with van der Waals surface area (Å²) in [6, 6.07) is 9.68. The van der Waals surface area contributed by atoms with Crippen LogP contribution in [-0.2, 0) is 6.42 Å². The van der Waals surface area contributed by atoms with E-state index in [0.29, 0.717) is 34.0 Å². The standard InChI is InChI=1S/C14H12BrClFNO/c15-10-6-12(17)8-13(7-10)19-14-2-1-11(16)5-9(14)3-4-18/h1-2,5-8H,3-4,18H2. The third kappa shape index (κ3) is 3.93. The van der Waals surface area contributed by atoms with E-state index in [-0.39, 0.29) is 5.82 Å². The summed E-state index contributed by atoms with van der Waals surface area (Å²) in [6.07, 6.45) is 0.645. The van der Waals surface area contributed by atoms with E-state index in [2.05, 4.69) is 15.9 Å². The highest BCUT2D eigenvalue weighted by molar-refractivity contribution is 9.10. The summed E-state index contributed by atoms with van der Waals surface area (Å²) in [5.74, 6) is 0.693. The average Bonchev–Trinajstić information content (AvgIpc) is 2.32. The minimum Gasteiger partial charge on any atom is -0.457 e. The summed E-state index contributed by atoms with van der Waals surface area (Å²) in [4.78, 5) is 0. The maximum absolute atomic E-state index is 13.3. The van der Waals surface area contributed by atoms with Gasteiger partial charge >= 0.3 is 0 Å². The van der Waals surface area contributed by atoms with Crippen molar-refractivity contribution in [2.24, 2.45) is 5.73 Å². The third-order valence-corrected chi connectivity index (χ3v) is 3.19. The molecule has 0 aliphatic rings. The maximum Gasteiger partial charge on any atom is 0.131 e. The van der Waals surface area contributed by atoms with Crippen molar-refractivity contribution in [2.45, 2.75) is 6.42 Å². The highest BCUT2D eigenvalue weighted by Gasteiger charge is 2.07. The van der Waals surface area contributed by atoms with Crippen molar-refractivity contribution in [2.75, 3.05) is 6.54 Å². The zero-order valence-electron chi connectivity index (χ0n) is 10.00. The van der Waals surface area contributed by atoms with Gasteiger partial charge in [0, 0.05) is 15.6 Å². The van der Waals surface area contributed by atoms with Gasteiger partial charge in [-0.05, 0) is 48.9 Å². The predicted octanol–water partition coefficient (Wildman–Crippen LogP) is 4.54. The lowest BCUT2D eigenvalue weighted by Gasteiger charge is -2.11. The number of ether oxygens (including phenoxy) is 1. The number of nitrogens with two attached hydrogens (primary N) is 1. The second-order valence-corrected chi connectivity index (χ2v) is 5.35. The Bertz CT molecular complexity index is 571. The zero-order chi connectivity index (χ0) is 13.8. The minimum atomic E-state index is -0.362. The summed E-state index contributed by atoms with van der Waals surface area (Å²) < 4.78 is 19.6. The average molecular weight is 345 g/mol. The zero-order valence-corrected chi connectivity index (χ0v) is 12.3. The van der Waals surface area contributed by atoms with E-state index >= 15 is 0 Å². The molecule has 2 aromatic carbocycles. The van der Waals surface area contributed by atoms with Crippen LogP contribution in [0.15, 0.2) is 40.9 Å². The van der Waals surface area contributed by atoms with Crippen molar-refractivity contribution in [1.82, 2.24) is 0 Å². The van der Waals surface area contributed by atoms with Crippen LogP contribution in [0.4, 0.5) is 4.39 Å². The molecule has 5 heteroatoms. The molecule has 2 rings (SSSR count). The lowest BCUT2D eigenvalue weighted by molar-refractivity contribution is 0.470. The molecular weight excluding hydrogens is 333 g/mol. The van der Waals surface area contributed by atoms with E-state index < -0.39 is 0 Å². The Kier molecular flexibility index (Phi) is 4.80. The van der Waals surface area contributed by atoms with Gasteiger partial charge in [0.05, 0.1) is 0 Å². The Hall–Kier alpha value is -1.10. The molecule has 0 aliphatic heterocycles. The first-order chi connectivity index (χ1) is 9.08. The molecule has 0 heterocycles. The maximum atomic E-state index is 13.3. The minimum absolute atomic E-state index is 0.362. The first-order valence-electron chi connectivity index (χ1n) is 5.71. The summed E-state index contributed by atoms with van der Waals surface area (Å²) in [5, 5.41) is 0.622. The Morgan fingerprint density at radius 2 is 2.00 bits per heavy atom. The quantitative estimate of drug-likeness (QED) is 0.884. The Labute approximate surface area is 124 Å². The molecular formula is C14H12BrClFNO. The van der Waals surface area contributed by atoms with Gasteiger partial charge in [-0.15, -0.1) is 0 Å². The van der Waals surface area contributed by atoms with Crippen molar-refractivity contribution in [3.05, 3.63) is 57.3 Å².